The van der Waals surface area contributed by atoms with Gasteiger partial charge in [-0.1, -0.05) is 27.2 Å². The lowest BCUT2D eigenvalue weighted by atomic mass is 10.0. The van der Waals surface area contributed by atoms with Gasteiger partial charge in [0.2, 0.25) is 0 Å². The average molecular weight is 160 g/mol. The minimum Gasteiger partial charge on any atom is -0.162 e. The second kappa shape index (κ2) is 6.09. The maximum atomic E-state index is 2.34. The Morgan fingerprint density at radius 3 is 2.20 bits per heavy atom. The SMILES string of the molecule is CCC(C)CCC(C)SC. The third-order valence-corrected chi connectivity index (χ3v) is 3.21. The van der Waals surface area contributed by atoms with Crippen molar-refractivity contribution in [3.8, 4) is 0 Å². The Morgan fingerprint density at radius 1 is 1.20 bits per heavy atom. The third-order valence-electron chi connectivity index (χ3n) is 2.17. The maximum Gasteiger partial charge on any atom is 0.00160 e. The lowest BCUT2D eigenvalue weighted by Crippen LogP contribution is -1.99. The van der Waals surface area contributed by atoms with Crippen LogP contribution in [0.3, 0.4) is 0 Å². The normalized spacial score (nSPS) is 16.8. The fourth-order valence-corrected chi connectivity index (χ4v) is 1.21. The largest absolute Gasteiger partial charge is 0.162 e. The van der Waals surface area contributed by atoms with Gasteiger partial charge >= 0.3 is 0 Å². The zero-order valence-electron chi connectivity index (χ0n) is 7.68. The van der Waals surface area contributed by atoms with Gasteiger partial charge in [0, 0.05) is 5.25 Å². The Hall–Kier alpha value is 0.350. The molecule has 0 fully saturated rings. The first-order valence-electron chi connectivity index (χ1n) is 4.23. The smallest absolute Gasteiger partial charge is 0.00160 e. The summed E-state index contributed by atoms with van der Waals surface area (Å²) >= 11 is 1.98. The fraction of sp³-hybridized carbons (Fsp3) is 1.00. The van der Waals surface area contributed by atoms with Crippen LogP contribution in [0.2, 0.25) is 0 Å². The van der Waals surface area contributed by atoms with Crippen molar-refractivity contribution in [2.45, 2.75) is 45.3 Å². The van der Waals surface area contributed by atoms with Crippen molar-refractivity contribution in [2.75, 3.05) is 6.26 Å². The molecule has 0 saturated heterocycles. The molecule has 0 bridgehead atoms. The molecule has 1 heteroatoms. The van der Waals surface area contributed by atoms with E-state index >= 15 is 0 Å². The summed E-state index contributed by atoms with van der Waals surface area (Å²) in [5, 5.41) is 0.856. The second-order valence-electron chi connectivity index (χ2n) is 3.14. The molecule has 0 N–H and O–H groups in total. The van der Waals surface area contributed by atoms with Crippen LogP contribution >= 0.6 is 11.8 Å². The highest BCUT2D eigenvalue weighted by Gasteiger charge is 2.02. The number of hydrogen-bond acceptors (Lipinski definition) is 1. The molecule has 0 nitrogen and oxygen atoms in total. The highest BCUT2D eigenvalue weighted by molar-refractivity contribution is 7.99. The minimum absolute atomic E-state index is 0.856. The van der Waals surface area contributed by atoms with Gasteiger partial charge in [-0.15, -0.1) is 0 Å². The van der Waals surface area contributed by atoms with Gasteiger partial charge in [-0.2, -0.15) is 11.8 Å². The molecule has 2 atom stereocenters. The Labute approximate surface area is 69.8 Å². The van der Waals surface area contributed by atoms with E-state index < -0.39 is 0 Å². The molecule has 0 aliphatic rings. The van der Waals surface area contributed by atoms with Crippen molar-refractivity contribution in [2.24, 2.45) is 5.92 Å². The molecule has 0 amide bonds. The summed E-state index contributed by atoms with van der Waals surface area (Å²) in [6, 6.07) is 0. The fourth-order valence-electron chi connectivity index (χ4n) is 0.841. The van der Waals surface area contributed by atoms with Crippen LogP contribution in [0.1, 0.15) is 40.0 Å². The molecule has 10 heavy (non-hydrogen) atoms. The highest BCUT2D eigenvalue weighted by Crippen LogP contribution is 2.17. The first-order chi connectivity index (χ1) is 4.70. The second-order valence-corrected chi connectivity index (χ2v) is 4.41. The summed E-state index contributed by atoms with van der Waals surface area (Å²) in [5.41, 5.74) is 0. The molecule has 0 aromatic heterocycles. The van der Waals surface area contributed by atoms with Gasteiger partial charge in [0.05, 0.1) is 0 Å². The molecule has 2 unspecified atom stereocenters. The van der Waals surface area contributed by atoms with Gasteiger partial charge in [-0.25, -0.2) is 0 Å². The van der Waals surface area contributed by atoms with E-state index in [2.05, 4.69) is 27.0 Å². The number of hydrogen-bond donors (Lipinski definition) is 0. The van der Waals surface area contributed by atoms with E-state index in [9.17, 15) is 0 Å². The van der Waals surface area contributed by atoms with Gasteiger partial charge in [0.25, 0.3) is 0 Å². The Bertz CT molecular complexity index is 61.1. The van der Waals surface area contributed by atoms with Crippen LogP contribution < -0.4 is 0 Å². The Balaban J connectivity index is 3.17. The summed E-state index contributed by atoms with van der Waals surface area (Å²) in [4.78, 5) is 0. The monoisotopic (exact) mass is 160 g/mol. The average Bonchev–Trinajstić information content (AvgIpc) is 1.99. The first kappa shape index (κ1) is 10.3. The van der Waals surface area contributed by atoms with Crippen LogP contribution in [0.15, 0.2) is 0 Å². The summed E-state index contributed by atoms with van der Waals surface area (Å²) in [6.07, 6.45) is 6.32. The molecule has 0 rings (SSSR count). The van der Waals surface area contributed by atoms with Crippen LogP contribution in [-0.4, -0.2) is 11.5 Å². The molecule has 0 aliphatic carbocycles. The van der Waals surface area contributed by atoms with Crippen molar-refractivity contribution >= 4 is 11.8 Å². The summed E-state index contributed by atoms with van der Waals surface area (Å²) in [6.45, 7) is 6.93. The lowest BCUT2D eigenvalue weighted by molar-refractivity contribution is 0.495. The van der Waals surface area contributed by atoms with Gasteiger partial charge in [-0.3, -0.25) is 0 Å². The van der Waals surface area contributed by atoms with Crippen molar-refractivity contribution in [3.05, 3.63) is 0 Å². The molecule has 0 aromatic carbocycles. The van der Waals surface area contributed by atoms with Gasteiger partial charge in [0.15, 0.2) is 0 Å². The van der Waals surface area contributed by atoms with Crippen molar-refractivity contribution in [1.82, 2.24) is 0 Å². The minimum atomic E-state index is 0.856. The topological polar surface area (TPSA) is 0 Å². The molecule has 0 radical (unpaired) electrons. The van der Waals surface area contributed by atoms with E-state index in [0.29, 0.717) is 0 Å². The van der Waals surface area contributed by atoms with E-state index in [1.165, 1.54) is 19.3 Å². The Morgan fingerprint density at radius 2 is 1.80 bits per heavy atom. The van der Waals surface area contributed by atoms with Crippen molar-refractivity contribution in [1.29, 1.82) is 0 Å². The van der Waals surface area contributed by atoms with Gasteiger partial charge in [0.1, 0.15) is 0 Å². The molecule has 0 saturated carbocycles. The molecular weight excluding hydrogens is 140 g/mol. The molecule has 0 heterocycles. The molecule has 0 aromatic rings. The summed E-state index contributed by atoms with van der Waals surface area (Å²) < 4.78 is 0. The van der Waals surface area contributed by atoms with E-state index in [0.717, 1.165) is 11.2 Å². The zero-order valence-corrected chi connectivity index (χ0v) is 8.50. The van der Waals surface area contributed by atoms with E-state index in [1.54, 1.807) is 0 Å². The Kier molecular flexibility index (Phi) is 6.30. The summed E-state index contributed by atoms with van der Waals surface area (Å²) in [5.74, 6) is 0.926. The summed E-state index contributed by atoms with van der Waals surface area (Å²) in [7, 11) is 0. The maximum absolute atomic E-state index is 2.34. The zero-order chi connectivity index (χ0) is 7.98. The van der Waals surface area contributed by atoms with Crippen LogP contribution in [0.4, 0.5) is 0 Å². The van der Waals surface area contributed by atoms with E-state index in [1.807, 2.05) is 11.8 Å². The molecular formula is C9H20S. The van der Waals surface area contributed by atoms with E-state index in [-0.39, 0.29) is 0 Å². The molecule has 0 aliphatic heterocycles. The molecule has 62 valence electrons. The standard InChI is InChI=1S/C9H20S/c1-5-8(2)6-7-9(3)10-4/h8-9H,5-7H2,1-4H3. The van der Waals surface area contributed by atoms with Crippen LogP contribution in [0.5, 0.6) is 0 Å². The van der Waals surface area contributed by atoms with E-state index in [4.69, 9.17) is 0 Å². The highest BCUT2D eigenvalue weighted by atomic mass is 32.2. The van der Waals surface area contributed by atoms with Crippen molar-refractivity contribution in [3.63, 3.8) is 0 Å². The predicted molar refractivity (Wildman–Crippen MR) is 51.7 cm³/mol. The predicted octanol–water partition coefficient (Wildman–Crippen LogP) is 3.56. The van der Waals surface area contributed by atoms with Crippen LogP contribution in [-0.2, 0) is 0 Å². The first-order valence-corrected chi connectivity index (χ1v) is 5.52. The van der Waals surface area contributed by atoms with Gasteiger partial charge in [-0.05, 0) is 25.0 Å². The number of rotatable bonds is 5. The third kappa shape index (κ3) is 5.16. The van der Waals surface area contributed by atoms with Crippen molar-refractivity contribution < 1.29 is 0 Å². The van der Waals surface area contributed by atoms with Crippen LogP contribution in [0.25, 0.3) is 0 Å². The quantitative estimate of drug-likeness (QED) is 0.592. The van der Waals surface area contributed by atoms with Crippen LogP contribution in [0, 0.1) is 5.92 Å². The lowest BCUT2D eigenvalue weighted by Gasteiger charge is -2.11. The number of thioether (sulfide) groups is 1. The van der Waals surface area contributed by atoms with Gasteiger partial charge < -0.3 is 0 Å². The molecule has 0 spiro atoms.